The van der Waals surface area contributed by atoms with E-state index < -0.39 is 29.1 Å². The Morgan fingerprint density at radius 1 is 1.36 bits per heavy atom. The van der Waals surface area contributed by atoms with Gasteiger partial charge >= 0.3 is 6.18 Å². The predicted octanol–water partition coefficient (Wildman–Crippen LogP) is 1.74. The van der Waals surface area contributed by atoms with Crippen LogP contribution in [0.3, 0.4) is 0 Å². The van der Waals surface area contributed by atoms with E-state index in [-0.39, 0.29) is 13.0 Å². The number of hydrazine groups is 1. The molecule has 1 fully saturated rings. The Labute approximate surface area is 141 Å². The molecule has 1 aliphatic carbocycles. The van der Waals surface area contributed by atoms with Gasteiger partial charge in [0.05, 0.1) is 12.0 Å². The van der Waals surface area contributed by atoms with E-state index in [4.69, 9.17) is 0 Å². The molecule has 0 radical (unpaired) electrons. The summed E-state index contributed by atoms with van der Waals surface area (Å²) in [4.78, 5) is 30.1. The Balaban J connectivity index is 2.07. The molecule has 0 bridgehead atoms. The molecule has 0 unspecified atom stereocenters. The zero-order valence-electron chi connectivity index (χ0n) is 13.2. The number of nitrogens with zero attached hydrogens (tertiary/aromatic N) is 3. The first-order chi connectivity index (χ1) is 11.8. The van der Waals surface area contributed by atoms with Crippen molar-refractivity contribution in [2.45, 2.75) is 38.3 Å². The van der Waals surface area contributed by atoms with Crippen LogP contribution in [0.2, 0.25) is 0 Å². The largest absolute Gasteiger partial charge is 0.433 e. The molecule has 0 spiro atoms. The number of carbonyl (C=O) groups is 2. The van der Waals surface area contributed by atoms with E-state index in [1.165, 1.54) is 0 Å². The Morgan fingerprint density at radius 2 is 2.04 bits per heavy atom. The molecule has 0 aromatic carbocycles. The monoisotopic (exact) mass is 361 g/mol. The molecule has 1 aromatic rings. The van der Waals surface area contributed by atoms with Gasteiger partial charge in [0.2, 0.25) is 18.3 Å². The van der Waals surface area contributed by atoms with Crippen molar-refractivity contribution in [2.24, 2.45) is 5.41 Å². The normalized spacial score (nSPS) is 16.8. The number of amides is 2. The van der Waals surface area contributed by atoms with E-state index in [1.54, 1.807) is 0 Å². The lowest BCUT2D eigenvalue weighted by atomic mass is 9.73. The van der Waals surface area contributed by atoms with Crippen molar-refractivity contribution < 1.29 is 28.0 Å². The fourth-order valence-corrected chi connectivity index (χ4v) is 2.85. The van der Waals surface area contributed by atoms with E-state index in [9.17, 15) is 28.0 Å². The first-order valence-corrected chi connectivity index (χ1v) is 7.64. The summed E-state index contributed by atoms with van der Waals surface area (Å²) in [6.45, 7) is -0.201. The molecule has 0 aliphatic heterocycles. The van der Waals surface area contributed by atoms with Crippen LogP contribution in [0, 0.1) is 5.41 Å². The summed E-state index contributed by atoms with van der Waals surface area (Å²) in [5.41, 5.74) is 2.37. The van der Waals surface area contributed by atoms with Crippen molar-refractivity contribution in [1.82, 2.24) is 20.5 Å². The van der Waals surface area contributed by atoms with Crippen LogP contribution in [0.1, 0.15) is 37.8 Å². The van der Waals surface area contributed by atoms with E-state index in [2.05, 4.69) is 20.8 Å². The summed E-state index contributed by atoms with van der Waals surface area (Å²) >= 11 is 0. The molecule has 8 nitrogen and oxygen atoms in total. The fraction of sp³-hybridized carbons (Fsp3) is 0.571. The number of halogens is 3. The van der Waals surface area contributed by atoms with Crippen LogP contribution in [0.25, 0.3) is 0 Å². The predicted molar refractivity (Wildman–Crippen MR) is 78.9 cm³/mol. The van der Waals surface area contributed by atoms with Gasteiger partial charge in [0.25, 0.3) is 0 Å². The van der Waals surface area contributed by atoms with E-state index in [1.807, 2.05) is 0 Å². The number of nitrogens with one attached hydrogen (secondary N) is 2. The highest BCUT2D eigenvalue weighted by molar-refractivity contribution is 5.84. The first kappa shape index (κ1) is 18.9. The minimum absolute atomic E-state index is 0.201. The maximum Gasteiger partial charge on any atom is 0.433 e. The van der Waals surface area contributed by atoms with Gasteiger partial charge in [-0.1, -0.05) is 19.3 Å². The van der Waals surface area contributed by atoms with E-state index in [0.717, 1.165) is 25.5 Å². The van der Waals surface area contributed by atoms with Gasteiger partial charge in [-0.05, 0) is 18.9 Å². The molecule has 0 atom stereocenters. The zero-order chi connectivity index (χ0) is 18.5. The third-order valence-corrected chi connectivity index (χ3v) is 4.11. The quantitative estimate of drug-likeness (QED) is 0.405. The lowest BCUT2D eigenvalue weighted by molar-refractivity contribution is -0.162. The average Bonchev–Trinajstić information content (AvgIpc) is 2.59. The van der Waals surface area contributed by atoms with Crippen molar-refractivity contribution in [2.75, 3.05) is 12.0 Å². The Morgan fingerprint density at radius 3 is 2.64 bits per heavy atom. The smallest absolute Gasteiger partial charge is 0.286 e. The lowest BCUT2D eigenvalue weighted by Crippen LogP contribution is -2.50. The molecule has 11 heteroatoms. The third-order valence-electron chi connectivity index (χ3n) is 4.11. The third kappa shape index (κ3) is 4.78. The molecule has 2 amide bonds. The number of carbonyl (C=O) groups excluding carboxylic acids is 2. The van der Waals surface area contributed by atoms with Crippen LogP contribution in [0.4, 0.5) is 19.1 Å². The maximum absolute atomic E-state index is 12.6. The molecule has 2 rings (SSSR count). The SMILES string of the molecule is O=CN(O)CC1(C(=O)NNc2nccc(C(F)(F)F)n2)CCCCC1. The molecule has 1 heterocycles. The van der Waals surface area contributed by atoms with Crippen LogP contribution in [-0.2, 0) is 15.8 Å². The second kappa shape index (κ2) is 7.64. The van der Waals surface area contributed by atoms with Gasteiger partial charge in [-0.15, -0.1) is 0 Å². The molecule has 1 saturated carbocycles. The molecular formula is C14H18F3N5O3. The van der Waals surface area contributed by atoms with Gasteiger partial charge in [-0.2, -0.15) is 13.2 Å². The zero-order valence-corrected chi connectivity index (χ0v) is 13.2. The number of anilines is 1. The van der Waals surface area contributed by atoms with Gasteiger partial charge in [-0.25, -0.2) is 15.0 Å². The van der Waals surface area contributed by atoms with Crippen molar-refractivity contribution in [1.29, 1.82) is 0 Å². The van der Waals surface area contributed by atoms with Gasteiger partial charge in [0.1, 0.15) is 5.69 Å². The highest BCUT2D eigenvalue weighted by atomic mass is 19.4. The number of hydrogen-bond acceptors (Lipinski definition) is 6. The number of rotatable bonds is 6. The van der Waals surface area contributed by atoms with Gasteiger partial charge in [0, 0.05) is 6.20 Å². The molecule has 0 saturated heterocycles. The Hall–Kier alpha value is -2.43. The summed E-state index contributed by atoms with van der Waals surface area (Å²) in [5, 5.41) is 9.85. The molecular weight excluding hydrogens is 343 g/mol. The van der Waals surface area contributed by atoms with Crippen molar-refractivity contribution >= 4 is 18.3 Å². The van der Waals surface area contributed by atoms with Crippen LogP contribution >= 0.6 is 0 Å². The second-order valence-electron chi connectivity index (χ2n) is 5.89. The molecule has 3 N–H and O–H groups in total. The van der Waals surface area contributed by atoms with Crippen molar-refractivity contribution in [3.63, 3.8) is 0 Å². The highest BCUT2D eigenvalue weighted by Crippen LogP contribution is 2.37. The standard InChI is InChI=1S/C14H18F3N5O3/c15-14(16,17)10-4-7-18-12(19-10)21-20-11(24)13(8-22(25)9-23)5-2-1-3-6-13/h4,7,9,25H,1-3,5-6,8H2,(H,20,24)(H,18,19,21). The van der Waals surface area contributed by atoms with Gasteiger partial charge < -0.3 is 0 Å². The number of aromatic nitrogens is 2. The molecule has 1 aromatic heterocycles. The summed E-state index contributed by atoms with van der Waals surface area (Å²) < 4.78 is 37.9. The minimum atomic E-state index is -4.63. The molecule has 25 heavy (non-hydrogen) atoms. The first-order valence-electron chi connectivity index (χ1n) is 7.64. The van der Waals surface area contributed by atoms with Gasteiger partial charge in [0.15, 0.2) is 0 Å². The van der Waals surface area contributed by atoms with E-state index in [0.29, 0.717) is 24.0 Å². The minimum Gasteiger partial charge on any atom is -0.286 e. The number of hydroxylamine groups is 2. The lowest BCUT2D eigenvalue weighted by Gasteiger charge is -2.36. The van der Waals surface area contributed by atoms with E-state index >= 15 is 0 Å². The fourth-order valence-electron chi connectivity index (χ4n) is 2.85. The van der Waals surface area contributed by atoms with Crippen LogP contribution in [-0.4, -0.2) is 39.1 Å². The topological polar surface area (TPSA) is 107 Å². The van der Waals surface area contributed by atoms with Crippen molar-refractivity contribution in [3.8, 4) is 0 Å². The summed E-state index contributed by atoms with van der Waals surface area (Å²) in [6, 6.07) is 0.712. The van der Waals surface area contributed by atoms with Crippen LogP contribution in [0.5, 0.6) is 0 Å². The average molecular weight is 361 g/mol. The van der Waals surface area contributed by atoms with Crippen molar-refractivity contribution in [3.05, 3.63) is 18.0 Å². The summed E-state index contributed by atoms with van der Waals surface area (Å²) in [7, 11) is 0. The molecule has 1 aliphatic rings. The number of alkyl halides is 3. The summed E-state index contributed by atoms with van der Waals surface area (Å²) in [6.07, 6.45) is -0.235. The Kier molecular flexibility index (Phi) is 5.77. The van der Waals surface area contributed by atoms with Crippen LogP contribution < -0.4 is 10.9 Å². The Bertz CT molecular complexity index is 620. The number of hydrogen-bond donors (Lipinski definition) is 3. The molecule has 138 valence electrons. The second-order valence-corrected chi connectivity index (χ2v) is 5.89. The van der Waals surface area contributed by atoms with Crippen LogP contribution in [0.15, 0.2) is 12.3 Å². The highest BCUT2D eigenvalue weighted by Gasteiger charge is 2.41. The summed E-state index contributed by atoms with van der Waals surface area (Å²) in [5.74, 6) is -0.959. The van der Waals surface area contributed by atoms with Gasteiger partial charge in [-0.3, -0.25) is 25.6 Å². The maximum atomic E-state index is 12.6.